The Hall–Kier alpha value is -3.47. The number of anilines is 1. The maximum Gasteiger partial charge on any atom is 0.344 e. The van der Waals surface area contributed by atoms with Gasteiger partial charge < -0.3 is 24.8 Å². The Balaban J connectivity index is 1.28. The zero-order valence-corrected chi connectivity index (χ0v) is 18.6. The molecule has 0 saturated carbocycles. The van der Waals surface area contributed by atoms with Gasteiger partial charge in [0.05, 0.1) is 23.4 Å². The Morgan fingerprint density at radius 2 is 2.03 bits per heavy atom. The molecule has 2 aromatic carbocycles. The van der Waals surface area contributed by atoms with Crippen LogP contribution in [0.1, 0.15) is 28.8 Å². The summed E-state index contributed by atoms with van der Waals surface area (Å²) in [6.45, 7) is 2.43. The predicted molar refractivity (Wildman–Crippen MR) is 121 cm³/mol. The molecule has 0 bridgehead atoms. The van der Waals surface area contributed by atoms with E-state index in [1.165, 1.54) is 0 Å². The number of amides is 1. The van der Waals surface area contributed by atoms with Gasteiger partial charge in [-0.05, 0) is 37.1 Å². The van der Waals surface area contributed by atoms with E-state index in [1.54, 1.807) is 36.4 Å². The van der Waals surface area contributed by atoms with Crippen LogP contribution in [0.3, 0.4) is 0 Å². The number of carbonyl (C=O) groups excluding carboxylic acids is 1. The van der Waals surface area contributed by atoms with E-state index < -0.39 is 10.2 Å². The van der Waals surface area contributed by atoms with Gasteiger partial charge in [-0.25, -0.2) is 0 Å². The zero-order valence-electron chi connectivity index (χ0n) is 17.8. The summed E-state index contributed by atoms with van der Waals surface area (Å²) in [7, 11) is -3.85. The van der Waals surface area contributed by atoms with E-state index in [2.05, 4.69) is 9.12 Å². The van der Waals surface area contributed by atoms with Crippen molar-refractivity contribution in [2.45, 2.75) is 12.8 Å². The van der Waals surface area contributed by atoms with Crippen LogP contribution in [-0.4, -0.2) is 58.0 Å². The Morgan fingerprint density at radius 3 is 2.91 bits per heavy atom. The number of ether oxygens (including phenoxy) is 3. The number of rotatable bonds is 4. The number of piperidine rings is 1. The summed E-state index contributed by atoms with van der Waals surface area (Å²) in [6, 6.07) is 10.4. The van der Waals surface area contributed by atoms with Crippen molar-refractivity contribution in [3.05, 3.63) is 47.5 Å². The van der Waals surface area contributed by atoms with Crippen molar-refractivity contribution < 1.29 is 27.4 Å². The molecule has 174 valence electrons. The molecule has 0 aliphatic carbocycles. The monoisotopic (exact) mass is 472 g/mol. The molecular weight excluding hydrogens is 448 g/mol. The highest BCUT2D eigenvalue weighted by Gasteiger charge is 2.30. The predicted octanol–water partition coefficient (Wildman–Crippen LogP) is 1.76. The van der Waals surface area contributed by atoms with Crippen LogP contribution in [0.4, 0.5) is 5.69 Å². The molecular formula is C22H24N4O6S. The molecule has 1 amide bonds. The average Bonchev–Trinajstić information content (AvgIpc) is 2.81. The van der Waals surface area contributed by atoms with Crippen molar-refractivity contribution in [2.75, 3.05) is 37.6 Å². The van der Waals surface area contributed by atoms with Crippen LogP contribution in [0.15, 0.2) is 40.8 Å². The summed E-state index contributed by atoms with van der Waals surface area (Å²) in [6.07, 6.45) is 1.75. The van der Waals surface area contributed by atoms with E-state index in [-0.39, 0.29) is 17.7 Å². The highest BCUT2D eigenvalue weighted by Crippen LogP contribution is 2.35. The Kier molecular flexibility index (Phi) is 5.49. The van der Waals surface area contributed by atoms with E-state index in [0.717, 1.165) is 12.8 Å². The molecule has 3 aliphatic rings. The van der Waals surface area contributed by atoms with Gasteiger partial charge in [0, 0.05) is 19.0 Å². The third-order valence-electron chi connectivity index (χ3n) is 5.82. The number of hydrogen-bond donors (Lipinski definition) is 2. The molecule has 1 fully saturated rings. The van der Waals surface area contributed by atoms with Crippen LogP contribution in [-0.2, 0) is 10.2 Å². The van der Waals surface area contributed by atoms with Crippen LogP contribution in [0.2, 0.25) is 0 Å². The SMILES string of the molecule is NC1=NS(=O)(=O)Nc2cccc(OC[C@H]3CCCN(C(=O)c4cccc5c4OCCO5)C3)c21. The average molecular weight is 473 g/mol. The molecule has 1 atom stereocenters. The van der Waals surface area contributed by atoms with Crippen LogP contribution < -0.4 is 24.7 Å². The van der Waals surface area contributed by atoms with Gasteiger partial charge >= 0.3 is 10.2 Å². The zero-order chi connectivity index (χ0) is 23.0. The molecule has 3 N–H and O–H groups in total. The first-order valence-corrected chi connectivity index (χ1v) is 12.2. The number of benzene rings is 2. The highest BCUT2D eigenvalue weighted by molar-refractivity contribution is 7.91. The fourth-order valence-electron chi connectivity index (χ4n) is 4.34. The maximum atomic E-state index is 13.2. The molecule has 5 rings (SSSR count). The van der Waals surface area contributed by atoms with Crippen LogP contribution in [0, 0.1) is 5.92 Å². The van der Waals surface area contributed by atoms with Crippen molar-refractivity contribution in [3.8, 4) is 17.2 Å². The fourth-order valence-corrected chi connectivity index (χ4v) is 5.19. The van der Waals surface area contributed by atoms with E-state index >= 15 is 0 Å². The first-order valence-electron chi connectivity index (χ1n) is 10.7. The summed E-state index contributed by atoms with van der Waals surface area (Å²) in [5.74, 6) is 1.43. The number of nitrogens with two attached hydrogens (primary N) is 1. The first kappa shape index (κ1) is 21.4. The lowest BCUT2D eigenvalue weighted by Crippen LogP contribution is -2.42. The lowest BCUT2D eigenvalue weighted by molar-refractivity contribution is 0.0624. The summed E-state index contributed by atoms with van der Waals surface area (Å²) in [5, 5.41) is 0. The maximum absolute atomic E-state index is 13.2. The summed E-state index contributed by atoms with van der Waals surface area (Å²) in [5.41, 5.74) is 7.14. The Bertz CT molecular complexity index is 1230. The van der Waals surface area contributed by atoms with E-state index in [9.17, 15) is 13.2 Å². The first-order chi connectivity index (χ1) is 15.9. The topological polar surface area (TPSA) is 133 Å². The van der Waals surface area contributed by atoms with Gasteiger partial charge in [-0.2, -0.15) is 8.42 Å². The normalized spacial score (nSPS) is 20.8. The van der Waals surface area contributed by atoms with Crippen molar-refractivity contribution in [2.24, 2.45) is 16.0 Å². The van der Waals surface area contributed by atoms with Gasteiger partial charge in [0.2, 0.25) is 0 Å². The molecule has 2 aromatic rings. The van der Waals surface area contributed by atoms with Gasteiger partial charge in [-0.3, -0.25) is 9.52 Å². The number of nitrogens with one attached hydrogen (secondary N) is 1. The molecule has 33 heavy (non-hydrogen) atoms. The van der Waals surface area contributed by atoms with E-state index in [4.69, 9.17) is 19.9 Å². The molecule has 0 unspecified atom stereocenters. The van der Waals surface area contributed by atoms with Gasteiger partial charge in [0.1, 0.15) is 19.0 Å². The van der Waals surface area contributed by atoms with E-state index in [1.807, 2.05) is 4.90 Å². The summed E-state index contributed by atoms with van der Waals surface area (Å²) in [4.78, 5) is 15.1. The third kappa shape index (κ3) is 4.28. The van der Waals surface area contributed by atoms with Gasteiger partial charge in [-0.1, -0.05) is 12.1 Å². The van der Waals surface area contributed by atoms with Gasteiger partial charge in [0.15, 0.2) is 17.3 Å². The lowest BCUT2D eigenvalue weighted by Gasteiger charge is -2.33. The molecule has 0 aromatic heterocycles. The van der Waals surface area contributed by atoms with E-state index in [0.29, 0.717) is 67.0 Å². The van der Waals surface area contributed by atoms with Crippen LogP contribution >= 0.6 is 0 Å². The Labute approximate surface area is 191 Å². The summed E-state index contributed by atoms with van der Waals surface area (Å²) >= 11 is 0. The molecule has 11 heteroatoms. The van der Waals surface area contributed by atoms with Gasteiger partial charge in [-0.15, -0.1) is 4.40 Å². The number of carbonyl (C=O) groups is 1. The Morgan fingerprint density at radius 1 is 1.21 bits per heavy atom. The van der Waals surface area contributed by atoms with Crippen molar-refractivity contribution >= 4 is 27.6 Å². The van der Waals surface area contributed by atoms with Crippen LogP contribution in [0.25, 0.3) is 0 Å². The summed E-state index contributed by atoms with van der Waals surface area (Å²) < 4.78 is 46.8. The molecule has 10 nitrogen and oxygen atoms in total. The number of likely N-dealkylation sites (tertiary alicyclic amines) is 1. The number of para-hydroxylation sites is 1. The van der Waals surface area contributed by atoms with Crippen molar-refractivity contribution in [1.29, 1.82) is 0 Å². The quantitative estimate of drug-likeness (QED) is 0.693. The second-order valence-corrected chi connectivity index (χ2v) is 9.47. The molecule has 1 saturated heterocycles. The second kappa shape index (κ2) is 8.47. The molecule has 3 heterocycles. The molecule has 0 spiro atoms. The number of hydrogen-bond acceptors (Lipinski definition) is 7. The standard InChI is InChI=1S/C22H24N4O6S/c23-21-19-16(24-33(28,29)25-21)6-2-7-17(19)32-13-14-4-3-9-26(12-14)22(27)15-5-1-8-18-20(15)31-11-10-30-18/h1-2,5-8,14,24H,3-4,9-13H2,(H2,23,25)/t14-/m0/s1. The van der Waals surface area contributed by atoms with Crippen molar-refractivity contribution in [3.63, 3.8) is 0 Å². The number of fused-ring (bicyclic) bond motifs is 2. The van der Waals surface area contributed by atoms with Gasteiger partial charge in [0.25, 0.3) is 5.91 Å². The number of nitrogens with zero attached hydrogens (tertiary/aromatic N) is 2. The highest BCUT2D eigenvalue weighted by atomic mass is 32.2. The minimum Gasteiger partial charge on any atom is -0.492 e. The third-order valence-corrected chi connectivity index (χ3v) is 6.73. The molecule has 3 aliphatic heterocycles. The second-order valence-electron chi connectivity index (χ2n) is 8.13. The van der Waals surface area contributed by atoms with Crippen LogP contribution in [0.5, 0.6) is 17.2 Å². The largest absolute Gasteiger partial charge is 0.492 e. The number of amidine groups is 1. The fraction of sp³-hybridized carbons (Fsp3) is 0.364. The lowest BCUT2D eigenvalue weighted by atomic mass is 9.98. The minimum atomic E-state index is -3.85. The smallest absolute Gasteiger partial charge is 0.344 e. The minimum absolute atomic E-state index is 0.0927. The van der Waals surface area contributed by atoms with Crippen molar-refractivity contribution in [1.82, 2.24) is 4.90 Å². The molecule has 0 radical (unpaired) electrons.